The Morgan fingerprint density at radius 1 is 1.47 bits per heavy atom. The predicted molar refractivity (Wildman–Crippen MR) is 78.8 cm³/mol. The second-order valence-corrected chi connectivity index (χ2v) is 7.82. The maximum absolute atomic E-state index is 9.48. The second-order valence-electron chi connectivity index (χ2n) is 4.60. The smallest absolute Gasteiger partial charge is 0.0669 e. The number of ether oxygens (including phenoxy) is 1. The van der Waals surface area contributed by atoms with Gasteiger partial charge in [-0.3, -0.25) is 0 Å². The molecule has 0 amide bonds. The minimum Gasteiger partial charge on any atom is -0.393 e. The van der Waals surface area contributed by atoms with Crippen molar-refractivity contribution in [2.45, 2.75) is 48.9 Å². The van der Waals surface area contributed by atoms with E-state index < -0.39 is 0 Å². The van der Waals surface area contributed by atoms with Gasteiger partial charge in [-0.2, -0.15) is 0 Å². The standard InChI is InChI=1S/C13H24O2S2/c1-4-6-13(16-7-5-8-17-13)10-12(15-3)9-11(2)14/h4,11-12,14H,1,5-10H2,2-3H3/t11-,12+/m1/s1. The molecular formula is C13H24O2S2. The summed E-state index contributed by atoms with van der Waals surface area (Å²) in [5, 5.41) is 9.48. The average molecular weight is 276 g/mol. The molecule has 100 valence electrons. The van der Waals surface area contributed by atoms with Gasteiger partial charge in [0.1, 0.15) is 0 Å². The molecule has 2 atom stereocenters. The quantitative estimate of drug-likeness (QED) is 0.723. The molecule has 0 radical (unpaired) electrons. The topological polar surface area (TPSA) is 29.5 Å². The fraction of sp³-hybridized carbons (Fsp3) is 0.846. The van der Waals surface area contributed by atoms with Crippen LogP contribution in [-0.2, 0) is 4.74 Å². The lowest BCUT2D eigenvalue weighted by molar-refractivity contribution is 0.0447. The molecule has 0 aromatic heterocycles. The molecule has 0 saturated carbocycles. The molecule has 0 aromatic rings. The summed E-state index contributed by atoms with van der Waals surface area (Å²) in [4.78, 5) is 0. The van der Waals surface area contributed by atoms with Crippen LogP contribution in [0, 0.1) is 0 Å². The zero-order valence-electron chi connectivity index (χ0n) is 10.9. The van der Waals surface area contributed by atoms with Crippen LogP contribution in [0.3, 0.4) is 0 Å². The Balaban J connectivity index is 2.59. The maximum Gasteiger partial charge on any atom is 0.0669 e. The monoisotopic (exact) mass is 276 g/mol. The largest absolute Gasteiger partial charge is 0.393 e. The molecule has 0 spiro atoms. The van der Waals surface area contributed by atoms with Gasteiger partial charge in [-0.25, -0.2) is 0 Å². The molecule has 1 aliphatic heterocycles. The number of rotatable bonds is 7. The number of methoxy groups -OCH3 is 1. The van der Waals surface area contributed by atoms with Gasteiger partial charge in [-0.15, -0.1) is 30.1 Å². The van der Waals surface area contributed by atoms with Crippen molar-refractivity contribution in [2.24, 2.45) is 0 Å². The van der Waals surface area contributed by atoms with Gasteiger partial charge in [0.15, 0.2) is 0 Å². The van der Waals surface area contributed by atoms with Crippen molar-refractivity contribution < 1.29 is 9.84 Å². The number of aliphatic hydroxyl groups excluding tert-OH is 1. The lowest BCUT2D eigenvalue weighted by atomic mass is 10.1. The average Bonchev–Trinajstić information content (AvgIpc) is 2.29. The molecule has 0 unspecified atom stereocenters. The van der Waals surface area contributed by atoms with Gasteiger partial charge in [-0.05, 0) is 44.1 Å². The van der Waals surface area contributed by atoms with E-state index in [-0.39, 0.29) is 16.3 Å². The van der Waals surface area contributed by atoms with Gasteiger partial charge in [0, 0.05) is 7.11 Å². The summed E-state index contributed by atoms with van der Waals surface area (Å²) in [5.74, 6) is 2.46. The van der Waals surface area contributed by atoms with E-state index in [0.717, 1.165) is 19.3 Å². The second kappa shape index (κ2) is 7.72. The number of allylic oxidation sites excluding steroid dienone is 1. The third kappa shape index (κ3) is 5.25. The highest BCUT2D eigenvalue weighted by atomic mass is 32.2. The van der Waals surface area contributed by atoms with Crippen LogP contribution < -0.4 is 0 Å². The van der Waals surface area contributed by atoms with E-state index in [1.54, 1.807) is 7.11 Å². The van der Waals surface area contributed by atoms with E-state index in [0.29, 0.717) is 0 Å². The number of hydrogen-bond acceptors (Lipinski definition) is 4. The Labute approximate surface area is 114 Å². The minimum atomic E-state index is -0.292. The molecule has 1 N–H and O–H groups in total. The Morgan fingerprint density at radius 3 is 2.59 bits per heavy atom. The van der Waals surface area contributed by atoms with E-state index >= 15 is 0 Å². The molecule has 4 heteroatoms. The van der Waals surface area contributed by atoms with Crippen molar-refractivity contribution in [3.63, 3.8) is 0 Å². The van der Waals surface area contributed by atoms with Gasteiger partial charge in [-0.1, -0.05) is 6.08 Å². The zero-order valence-corrected chi connectivity index (χ0v) is 12.5. The molecule has 1 fully saturated rings. The Morgan fingerprint density at radius 2 is 2.12 bits per heavy atom. The Kier molecular flexibility index (Phi) is 7.00. The lowest BCUT2D eigenvalue weighted by Gasteiger charge is -2.38. The maximum atomic E-state index is 9.48. The fourth-order valence-corrected chi connectivity index (χ4v) is 5.56. The van der Waals surface area contributed by atoms with Crippen molar-refractivity contribution in [3.05, 3.63) is 12.7 Å². The lowest BCUT2D eigenvalue weighted by Crippen LogP contribution is -2.32. The van der Waals surface area contributed by atoms with Gasteiger partial charge < -0.3 is 9.84 Å². The van der Waals surface area contributed by atoms with E-state index in [2.05, 4.69) is 6.58 Å². The third-order valence-corrected chi connectivity index (χ3v) is 6.36. The summed E-state index contributed by atoms with van der Waals surface area (Å²) >= 11 is 4.07. The number of aliphatic hydroxyl groups is 1. The van der Waals surface area contributed by atoms with Crippen molar-refractivity contribution in [3.8, 4) is 0 Å². The van der Waals surface area contributed by atoms with Crippen molar-refractivity contribution in [2.75, 3.05) is 18.6 Å². The van der Waals surface area contributed by atoms with Crippen molar-refractivity contribution in [1.82, 2.24) is 0 Å². The molecule has 1 saturated heterocycles. The first-order valence-corrected chi connectivity index (χ1v) is 8.18. The van der Waals surface area contributed by atoms with Crippen LogP contribution in [0.1, 0.15) is 32.6 Å². The normalized spacial score (nSPS) is 23.0. The molecule has 0 aliphatic carbocycles. The van der Waals surface area contributed by atoms with E-state index in [1.807, 2.05) is 36.5 Å². The van der Waals surface area contributed by atoms with Crippen LogP contribution >= 0.6 is 23.5 Å². The highest BCUT2D eigenvalue weighted by Gasteiger charge is 2.35. The van der Waals surface area contributed by atoms with Crippen LogP contribution in [0.25, 0.3) is 0 Å². The minimum absolute atomic E-state index is 0.146. The molecular weight excluding hydrogens is 252 g/mol. The Bertz CT molecular complexity index is 225. The van der Waals surface area contributed by atoms with Gasteiger partial charge >= 0.3 is 0 Å². The Hall–Kier alpha value is 0.360. The fourth-order valence-electron chi connectivity index (χ4n) is 2.15. The van der Waals surface area contributed by atoms with Gasteiger partial charge in [0.25, 0.3) is 0 Å². The summed E-state index contributed by atoms with van der Waals surface area (Å²) in [5.41, 5.74) is 0. The van der Waals surface area contributed by atoms with Crippen LogP contribution in [-0.4, -0.2) is 40.0 Å². The highest BCUT2D eigenvalue weighted by Crippen LogP contribution is 2.48. The predicted octanol–water partition coefficient (Wildman–Crippen LogP) is 3.30. The first kappa shape index (κ1) is 15.4. The first-order chi connectivity index (χ1) is 8.12. The molecule has 0 bridgehead atoms. The summed E-state index contributed by atoms with van der Waals surface area (Å²) < 4.78 is 5.73. The van der Waals surface area contributed by atoms with Crippen LogP contribution in [0.4, 0.5) is 0 Å². The summed E-state index contributed by atoms with van der Waals surface area (Å²) in [6.45, 7) is 5.70. The van der Waals surface area contributed by atoms with Gasteiger partial charge in [0.05, 0.1) is 16.3 Å². The summed E-state index contributed by atoms with van der Waals surface area (Å²) in [7, 11) is 1.74. The number of hydrogen-bond donors (Lipinski definition) is 1. The van der Waals surface area contributed by atoms with Crippen molar-refractivity contribution >= 4 is 23.5 Å². The number of thioether (sulfide) groups is 2. The highest BCUT2D eigenvalue weighted by molar-refractivity contribution is 8.18. The van der Waals surface area contributed by atoms with Gasteiger partial charge in [0.2, 0.25) is 0 Å². The zero-order chi connectivity index (χ0) is 12.7. The van der Waals surface area contributed by atoms with Crippen molar-refractivity contribution in [1.29, 1.82) is 0 Å². The molecule has 1 heterocycles. The SMILES string of the molecule is C=CCC1(C[C@H](C[C@@H](C)O)OC)SCCCS1. The first-order valence-electron chi connectivity index (χ1n) is 6.21. The van der Waals surface area contributed by atoms with Crippen LogP contribution in [0.2, 0.25) is 0 Å². The molecule has 2 nitrogen and oxygen atoms in total. The molecule has 17 heavy (non-hydrogen) atoms. The van der Waals surface area contributed by atoms with Crippen LogP contribution in [0.5, 0.6) is 0 Å². The third-order valence-electron chi connectivity index (χ3n) is 2.95. The molecule has 1 rings (SSSR count). The molecule has 1 aliphatic rings. The summed E-state index contributed by atoms with van der Waals surface area (Å²) in [6, 6.07) is 0. The summed E-state index contributed by atoms with van der Waals surface area (Å²) in [6.07, 6.45) is 5.89. The van der Waals surface area contributed by atoms with Crippen LogP contribution in [0.15, 0.2) is 12.7 Å². The van der Waals surface area contributed by atoms with E-state index in [4.69, 9.17) is 4.74 Å². The van der Waals surface area contributed by atoms with E-state index in [9.17, 15) is 5.11 Å². The van der Waals surface area contributed by atoms with E-state index in [1.165, 1.54) is 17.9 Å². The molecule has 0 aromatic carbocycles.